The molecule has 0 amide bonds. The first-order valence-corrected chi connectivity index (χ1v) is 7.33. The second kappa shape index (κ2) is 7.18. The van der Waals surface area contributed by atoms with Crippen LogP contribution in [0.15, 0.2) is 30.3 Å². The highest BCUT2D eigenvalue weighted by Gasteiger charge is 2.17. The van der Waals surface area contributed by atoms with E-state index in [1.165, 1.54) is 11.1 Å². The lowest BCUT2D eigenvalue weighted by Gasteiger charge is -2.21. The zero-order valence-electron chi connectivity index (χ0n) is 13.2. The summed E-state index contributed by atoms with van der Waals surface area (Å²) < 4.78 is 5.24. The van der Waals surface area contributed by atoms with Crippen molar-refractivity contribution in [3.05, 3.63) is 52.8 Å². The van der Waals surface area contributed by atoms with Gasteiger partial charge in [0, 0.05) is 0 Å². The lowest BCUT2D eigenvalue weighted by molar-refractivity contribution is 0.414. The summed E-state index contributed by atoms with van der Waals surface area (Å²) in [7, 11) is 1.68. The molecule has 1 aromatic heterocycles. The number of nitrogens with one attached hydrogen (secondary N) is 1. The van der Waals surface area contributed by atoms with Gasteiger partial charge in [-0.1, -0.05) is 19.1 Å². The van der Waals surface area contributed by atoms with Crippen LogP contribution in [0, 0.1) is 13.8 Å². The second-order valence-corrected chi connectivity index (χ2v) is 5.19. The Morgan fingerprint density at radius 1 is 1.14 bits per heavy atom. The minimum absolute atomic E-state index is 0.130. The Kier molecular flexibility index (Phi) is 5.28. The van der Waals surface area contributed by atoms with Crippen molar-refractivity contribution in [3.63, 3.8) is 0 Å². The Morgan fingerprint density at radius 2 is 1.86 bits per heavy atom. The molecule has 0 radical (unpaired) electrons. The molecule has 4 nitrogen and oxygen atoms in total. The summed E-state index contributed by atoms with van der Waals surface area (Å²) in [5.74, 6) is 0.869. The van der Waals surface area contributed by atoms with E-state index in [0.717, 1.165) is 30.1 Å². The zero-order chi connectivity index (χ0) is 15.2. The van der Waals surface area contributed by atoms with Crippen molar-refractivity contribution in [2.24, 2.45) is 0 Å². The lowest BCUT2D eigenvalue weighted by atomic mass is 9.97. The SMILES string of the molecule is CCCNC(c1ccc(OC)cc1)c1cc(C)nnc1C. The van der Waals surface area contributed by atoms with E-state index >= 15 is 0 Å². The molecule has 0 bridgehead atoms. The van der Waals surface area contributed by atoms with Gasteiger partial charge in [0.2, 0.25) is 0 Å². The van der Waals surface area contributed by atoms with Crippen LogP contribution < -0.4 is 10.1 Å². The normalized spacial score (nSPS) is 12.2. The molecule has 1 N–H and O–H groups in total. The topological polar surface area (TPSA) is 47.0 Å². The molecule has 0 fully saturated rings. The van der Waals surface area contributed by atoms with E-state index in [0.29, 0.717) is 0 Å². The molecule has 0 saturated heterocycles. The number of rotatable bonds is 6. The minimum atomic E-state index is 0.130. The molecule has 1 atom stereocenters. The molecular formula is C17H23N3O. The second-order valence-electron chi connectivity index (χ2n) is 5.19. The number of aryl methyl sites for hydroxylation is 2. The summed E-state index contributed by atoms with van der Waals surface area (Å²) in [6, 6.07) is 10.4. The van der Waals surface area contributed by atoms with Crippen LogP contribution >= 0.6 is 0 Å². The Hall–Kier alpha value is -1.94. The zero-order valence-corrected chi connectivity index (χ0v) is 13.2. The molecule has 2 aromatic rings. The molecule has 0 saturated carbocycles. The number of hydrogen-bond donors (Lipinski definition) is 1. The molecule has 0 aliphatic rings. The fraction of sp³-hybridized carbons (Fsp3) is 0.412. The summed E-state index contributed by atoms with van der Waals surface area (Å²) in [6.45, 7) is 7.10. The third kappa shape index (κ3) is 3.79. The van der Waals surface area contributed by atoms with Gasteiger partial charge >= 0.3 is 0 Å². The molecule has 0 aliphatic carbocycles. The van der Waals surface area contributed by atoms with Crippen molar-refractivity contribution in [2.45, 2.75) is 33.2 Å². The standard InChI is InChI=1S/C17H23N3O/c1-5-10-18-17(14-6-8-15(21-4)9-7-14)16-11-12(2)19-20-13(16)3/h6-9,11,17-18H,5,10H2,1-4H3. The maximum Gasteiger partial charge on any atom is 0.118 e. The Morgan fingerprint density at radius 3 is 2.48 bits per heavy atom. The monoisotopic (exact) mass is 285 g/mol. The van der Waals surface area contributed by atoms with E-state index in [1.807, 2.05) is 26.0 Å². The highest BCUT2D eigenvalue weighted by Crippen LogP contribution is 2.26. The van der Waals surface area contributed by atoms with E-state index in [9.17, 15) is 0 Å². The molecule has 2 rings (SSSR count). The molecule has 1 unspecified atom stereocenters. The van der Waals surface area contributed by atoms with Gasteiger partial charge in [-0.2, -0.15) is 10.2 Å². The number of nitrogens with zero attached hydrogens (tertiary/aromatic N) is 2. The van der Waals surface area contributed by atoms with Crippen molar-refractivity contribution < 1.29 is 4.74 Å². The van der Waals surface area contributed by atoms with Crippen LogP contribution in [0.3, 0.4) is 0 Å². The molecule has 1 heterocycles. The number of methoxy groups -OCH3 is 1. The average Bonchev–Trinajstić information content (AvgIpc) is 2.51. The summed E-state index contributed by atoms with van der Waals surface area (Å²) in [5, 5.41) is 12.0. The summed E-state index contributed by atoms with van der Waals surface area (Å²) in [5.41, 5.74) is 4.29. The van der Waals surface area contributed by atoms with Crippen LogP contribution in [0.4, 0.5) is 0 Å². The van der Waals surface area contributed by atoms with E-state index in [4.69, 9.17) is 4.74 Å². The fourth-order valence-electron chi connectivity index (χ4n) is 2.35. The molecular weight excluding hydrogens is 262 g/mol. The summed E-state index contributed by atoms with van der Waals surface area (Å²) in [4.78, 5) is 0. The van der Waals surface area contributed by atoms with Gasteiger partial charge in [0.05, 0.1) is 24.5 Å². The molecule has 1 aromatic carbocycles. The first-order chi connectivity index (χ1) is 10.2. The highest BCUT2D eigenvalue weighted by molar-refractivity contribution is 5.37. The first kappa shape index (κ1) is 15.4. The van der Waals surface area contributed by atoms with Crippen LogP contribution in [0.1, 0.15) is 41.9 Å². The highest BCUT2D eigenvalue weighted by atomic mass is 16.5. The third-order valence-corrected chi connectivity index (χ3v) is 3.50. The van der Waals surface area contributed by atoms with Crippen molar-refractivity contribution in [1.29, 1.82) is 0 Å². The third-order valence-electron chi connectivity index (χ3n) is 3.50. The predicted octanol–water partition coefficient (Wildman–Crippen LogP) is 3.19. The van der Waals surface area contributed by atoms with Gasteiger partial charge < -0.3 is 10.1 Å². The maximum atomic E-state index is 5.24. The van der Waals surface area contributed by atoms with Crippen molar-refractivity contribution >= 4 is 0 Å². The Labute approximate surface area is 126 Å². The minimum Gasteiger partial charge on any atom is -0.497 e. The van der Waals surface area contributed by atoms with Gasteiger partial charge in [-0.15, -0.1) is 0 Å². The quantitative estimate of drug-likeness (QED) is 0.885. The Balaban J connectivity index is 2.38. The van der Waals surface area contributed by atoms with Gasteiger partial charge in [-0.25, -0.2) is 0 Å². The molecule has 0 aliphatic heterocycles. The number of benzene rings is 1. The molecule has 112 valence electrons. The van der Waals surface area contributed by atoms with Crippen molar-refractivity contribution in [1.82, 2.24) is 15.5 Å². The van der Waals surface area contributed by atoms with Gasteiger partial charge in [0.15, 0.2) is 0 Å². The fourth-order valence-corrected chi connectivity index (χ4v) is 2.35. The van der Waals surface area contributed by atoms with Crippen molar-refractivity contribution in [2.75, 3.05) is 13.7 Å². The van der Waals surface area contributed by atoms with Crippen LogP contribution in [0.25, 0.3) is 0 Å². The number of hydrogen-bond acceptors (Lipinski definition) is 4. The first-order valence-electron chi connectivity index (χ1n) is 7.33. The maximum absolute atomic E-state index is 5.24. The molecule has 21 heavy (non-hydrogen) atoms. The summed E-state index contributed by atoms with van der Waals surface area (Å²) >= 11 is 0. The Bertz CT molecular complexity index is 581. The molecule has 0 spiro atoms. The van der Waals surface area contributed by atoms with Gasteiger partial charge in [-0.3, -0.25) is 0 Å². The lowest BCUT2D eigenvalue weighted by Crippen LogP contribution is -2.24. The summed E-state index contributed by atoms with van der Waals surface area (Å²) in [6.07, 6.45) is 1.09. The van der Waals surface area contributed by atoms with E-state index in [2.05, 4.69) is 40.6 Å². The van der Waals surface area contributed by atoms with Gasteiger partial charge in [0.1, 0.15) is 5.75 Å². The van der Waals surface area contributed by atoms with Crippen molar-refractivity contribution in [3.8, 4) is 5.75 Å². The molecule has 4 heteroatoms. The predicted molar refractivity (Wildman–Crippen MR) is 84.6 cm³/mol. The smallest absolute Gasteiger partial charge is 0.118 e. The van der Waals surface area contributed by atoms with Crippen LogP contribution in [-0.4, -0.2) is 23.9 Å². The van der Waals surface area contributed by atoms with Crippen LogP contribution in [0.2, 0.25) is 0 Å². The van der Waals surface area contributed by atoms with E-state index < -0.39 is 0 Å². The average molecular weight is 285 g/mol. The number of aromatic nitrogens is 2. The van der Waals surface area contributed by atoms with Gasteiger partial charge in [-0.05, 0) is 56.1 Å². The van der Waals surface area contributed by atoms with E-state index in [1.54, 1.807) is 7.11 Å². The van der Waals surface area contributed by atoms with E-state index in [-0.39, 0.29) is 6.04 Å². The van der Waals surface area contributed by atoms with Crippen LogP contribution in [-0.2, 0) is 0 Å². The largest absolute Gasteiger partial charge is 0.497 e. The number of ether oxygens (including phenoxy) is 1. The van der Waals surface area contributed by atoms with Gasteiger partial charge in [0.25, 0.3) is 0 Å². The van der Waals surface area contributed by atoms with Crippen LogP contribution in [0.5, 0.6) is 5.75 Å².